The molecule has 0 saturated carbocycles. The summed E-state index contributed by atoms with van der Waals surface area (Å²) in [5.74, 6) is -0.203. The van der Waals surface area contributed by atoms with Crippen molar-refractivity contribution in [3.63, 3.8) is 0 Å². The minimum Gasteiger partial charge on any atom is -0.337 e. The molecule has 1 atom stereocenters. The van der Waals surface area contributed by atoms with E-state index in [4.69, 9.17) is 0 Å². The number of aromatic nitrogens is 1. The summed E-state index contributed by atoms with van der Waals surface area (Å²) in [6.07, 6.45) is 3.28. The molecular formula is C26H27FN4O2. The minimum atomic E-state index is -0.272. The third kappa shape index (κ3) is 4.46. The lowest BCUT2D eigenvalue weighted by Gasteiger charge is -2.26. The van der Waals surface area contributed by atoms with Crippen LogP contribution < -0.4 is 0 Å². The Labute approximate surface area is 192 Å². The number of carbonyl (C=O) groups is 2. The van der Waals surface area contributed by atoms with Gasteiger partial charge in [-0.2, -0.15) is 0 Å². The fourth-order valence-corrected chi connectivity index (χ4v) is 4.92. The van der Waals surface area contributed by atoms with Crippen LogP contribution in [0, 0.1) is 5.82 Å². The molecule has 0 bridgehead atoms. The molecule has 2 saturated heterocycles. The molecule has 6 nitrogen and oxygen atoms in total. The Kier molecular flexibility index (Phi) is 6.05. The molecular weight excluding hydrogens is 419 g/mol. The maximum Gasteiger partial charge on any atom is 0.273 e. The number of benzene rings is 2. The van der Waals surface area contributed by atoms with Crippen LogP contribution in [-0.2, 0) is 11.3 Å². The van der Waals surface area contributed by atoms with Gasteiger partial charge in [0.1, 0.15) is 11.5 Å². The predicted octanol–water partition coefficient (Wildman–Crippen LogP) is 3.32. The van der Waals surface area contributed by atoms with E-state index in [0.717, 1.165) is 35.7 Å². The second-order valence-electron chi connectivity index (χ2n) is 8.75. The molecule has 0 spiro atoms. The molecule has 7 heteroatoms. The van der Waals surface area contributed by atoms with Gasteiger partial charge in [-0.25, -0.2) is 4.39 Å². The Morgan fingerprint density at radius 3 is 2.64 bits per heavy atom. The summed E-state index contributed by atoms with van der Waals surface area (Å²) in [4.78, 5) is 36.7. The molecule has 3 aromatic rings. The lowest BCUT2D eigenvalue weighted by atomic mass is 10.1. The van der Waals surface area contributed by atoms with Crippen molar-refractivity contribution in [3.8, 4) is 0 Å². The van der Waals surface area contributed by atoms with Crippen LogP contribution in [0.4, 0.5) is 4.39 Å². The Morgan fingerprint density at radius 1 is 0.970 bits per heavy atom. The highest BCUT2D eigenvalue weighted by Crippen LogP contribution is 2.23. The zero-order valence-corrected chi connectivity index (χ0v) is 18.5. The molecule has 0 radical (unpaired) electrons. The molecule has 0 N–H and O–H groups in total. The monoisotopic (exact) mass is 446 g/mol. The number of fused-ring (bicyclic) bond motifs is 1. The van der Waals surface area contributed by atoms with E-state index >= 15 is 0 Å². The van der Waals surface area contributed by atoms with Crippen molar-refractivity contribution in [2.45, 2.75) is 25.4 Å². The van der Waals surface area contributed by atoms with Crippen molar-refractivity contribution in [3.05, 3.63) is 77.9 Å². The van der Waals surface area contributed by atoms with Crippen LogP contribution in [0.2, 0.25) is 0 Å². The SMILES string of the molecule is O=C(c1nccc2ccccc12)N1CCCN(C2CCN(Cc3ccc(F)cc3)C2=O)CC1. The molecule has 1 unspecified atom stereocenters. The zero-order valence-electron chi connectivity index (χ0n) is 18.5. The van der Waals surface area contributed by atoms with Gasteiger partial charge in [-0.3, -0.25) is 19.5 Å². The van der Waals surface area contributed by atoms with Crippen molar-refractivity contribution in [1.29, 1.82) is 0 Å². The fourth-order valence-electron chi connectivity index (χ4n) is 4.92. The van der Waals surface area contributed by atoms with E-state index in [9.17, 15) is 14.0 Å². The first-order chi connectivity index (χ1) is 16.1. The summed E-state index contributed by atoms with van der Waals surface area (Å²) in [7, 11) is 0. The third-order valence-electron chi connectivity index (χ3n) is 6.69. The zero-order chi connectivity index (χ0) is 22.8. The van der Waals surface area contributed by atoms with E-state index in [1.54, 1.807) is 18.3 Å². The second-order valence-corrected chi connectivity index (χ2v) is 8.75. The van der Waals surface area contributed by atoms with Crippen molar-refractivity contribution < 1.29 is 14.0 Å². The lowest BCUT2D eigenvalue weighted by molar-refractivity contribution is -0.132. The lowest BCUT2D eigenvalue weighted by Crippen LogP contribution is -2.44. The van der Waals surface area contributed by atoms with Gasteiger partial charge < -0.3 is 9.80 Å². The normalized spacial score (nSPS) is 19.8. The third-order valence-corrected chi connectivity index (χ3v) is 6.69. The van der Waals surface area contributed by atoms with Gasteiger partial charge in [0.25, 0.3) is 5.91 Å². The van der Waals surface area contributed by atoms with Gasteiger partial charge in [-0.15, -0.1) is 0 Å². The van der Waals surface area contributed by atoms with Crippen molar-refractivity contribution >= 4 is 22.6 Å². The minimum absolute atomic E-state index is 0.0515. The van der Waals surface area contributed by atoms with Gasteiger partial charge in [0.2, 0.25) is 5.91 Å². The number of hydrogen-bond donors (Lipinski definition) is 0. The fraction of sp³-hybridized carbons (Fsp3) is 0.346. The quantitative estimate of drug-likeness (QED) is 0.617. The molecule has 2 amide bonds. The number of rotatable bonds is 4. The number of hydrogen-bond acceptors (Lipinski definition) is 4. The Hall–Kier alpha value is -3.32. The highest BCUT2D eigenvalue weighted by Gasteiger charge is 2.37. The summed E-state index contributed by atoms with van der Waals surface area (Å²) in [6, 6.07) is 15.9. The molecule has 2 fully saturated rings. The van der Waals surface area contributed by atoms with Crippen LogP contribution >= 0.6 is 0 Å². The van der Waals surface area contributed by atoms with Crippen LogP contribution in [0.15, 0.2) is 60.8 Å². The van der Waals surface area contributed by atoms with Crippen LogP contribution in [0.1, 0.15) is 28.9 Å². The Morgan fingerprint density at radius 2 is 1.79 bits per heavy atom. The van der Waals surface area contributed by atoms with Crippen LogP contribution in [0.5, 0.6) is 0 Å². The number of amides is 2. The maximum atomic E-state index is 13.3. The molecule has 2 aromatic carbocycles. The smallest absolute Gasteiger partial charge is 0.273 e. The summed E-state index contributed by atoms with van der Waals surface area (Å²) in [5.41, 5.74) is 1.42. The van der Waals surface area contributed by atoms with Crippen LogP contribution in [0.3, 0.4) is 0 Å². The van der Waals surface area contributed by atoms with E-state index in [1.807, 2.05) is 40.1 Å². The van der Waals surface area contributed by atoms with E-state index < -0.39 is 0 Å². The first kappa shape index (κ1) is 21.5. The van der Waals surface area contributed by atoms with Crippen LogP contribution in [-0.4, -0.2) is 70.3 Å². The largest absolute Gasteiger partial charge is 0.337 e. The molecule has 2 aliphatic rings. The predicted molar refractivity (Wildman–Crippen MR) is 124 cm³/mol. The maximum absolute atomic E-state index is 13.3. The summed E-state index contributed by atoms with van der Waals surface area (Å²) in [6.45, 7) is 3.87. The van der Waals surface area contributed by atoms with Crippen molar-refractivity contribution in [2.24, 2.45) is 0 Å². The highest BCUT2D eigenvalue weighted by atomic mass is 19.1. The molecule has 170 valence electrons. The van der Waals surface area contributed by atoms with Gasteiger partial charge in [-0.05, 0) is 42.0 Å². The van der Waals surface area contributed by atoms with Gasteiger partial charge in [0, 0.05) is 50.9 Å². The number of likely N-dealkylation sites (tertiary alicyclic amines) is 1. The summed E-state index contributed by atoms with van der Waals surface area (Å²) >= 11 is 0. The number of halogens is 1. The molecule has 0 aliphatic carbocycles. The summed E-state index contributed by atoms with van der Waals surface area (Å²) < 4.78 is 13.2. The second kappa shape index (κ2) is 9.27. The van der Waals surface area contributed by atoms with Crippen molar-refractivity contribution in [1.82, 2.24) is 19.7 Å². The van der Waals surface area contributed by atoms with Gasteiger partial charge in [0.15, 0.2) is 0 Å². The number of nitrogens with zero attached hydrogens (tertiary/aromatic N) is 4. The molecule has 5 rings (SSSR count). The molecule has 33 heavy (non-hydrogen) atoms. The first-order valence-corrected chi connectivity index (χ1v) is 11.5. The van der Waals surface area contributed by atoms with Crippen molar-refractivity contribution in [2.75, 3.05) is 32.7 Å². The van der Waals surface area contributed by atoms with Gasteiger partial charge in [0.05, 0.1) is 6.04 Å². The molecule has 3 heterocycles. The Bertz CT molecular complexity index is 1160. The Balaban J connectivity index is 1.23. The standard InChI is InChI=1S/C26H27FN4O2/c27-21-8-6-19(7-9-21)18-31-15-11-23(25(31)32)29-13-3-14-30(17-16-29)26(33)24-22-5-2-1-4-20(22)10-12-28-24/h1-2,4-10,12,23H,3,11,13-18H2. The average Bonchev–Trinajstić information content (AvgIpc) is 3.04. The van der Waals surface area contributed by atoms with E-state index in [0.29, 0.717) is 38.4 Å². The van der Waals surface area contributed by atoms with Crippen LogP contribution in [0.25, 0.3) is 10.8 Å². The van der Waals surface area contributed by atoms with Gasteiger partial charge in [-0.1, -0.05) is 36.4 Å². The topological polar surface area (TPSA) is 56.8 Å². The summed E-state index contributed by atoms with van der Waals surface area (Å²) in [5, 5.41) is 1.87. The average molecular weight is 447 g/mol. The highest BCUT2D eigenvalue weighted by molar-refractivity contribution is 6.05. The first-order valence-electron chi connectivity index (χ1n) is 11.5. The number of carbonyl (C=O) groups excluding carboxylic acids is 2. The molecule has 2 aliphatic heterocycles. The van der Waals surface area contributed by atoms with Gasteiger partial charge >= 0.3 is 0 Å². The van der Waals surface area contributed by atoms with E-state index in [2.05, 4.69) is 9.88 Å². The van der Waals surface area contributed by atoms with E-state index in [-0.39, 0.29) is 23.7 Å². The number of pyridine rings is 1. The molecule has 1 aromatic heterocycles. The van der Waals surface area contributed by atoms with E-state index in [1.165, 1.54) is 12.1 Å².